The Labute approximate surface area is 92.6 Å². The van der Waals surface area contributed by atoms with Gasteiger partial charge in [0.15, 0.2) is 6.10 Å². The SMILES string of the molecule is CC(O)C(OC(N)=O)c1ccccc1Cl. The third-order valence-corrected chi connectivity index (χ3v) is 2.24. The van der Waals surface area contributed by atoms with Gasteiger partial charge < -0.3 is 15.6 Å². The van der Waals surface area contributed by atoms with E-state index in [1.807, 2.05) is 0 Å². The highest BCUT2D eigenvalue weighted by Gasteiger charge is 2.22. The Balaban J connectivity index is 2.99. The average molecular weight is 230 g/mol. The molecule has 0 bridgehead atoms. The second-order valence-electron chi connectivity index (χ2n) is 3.12. The number of carbonyl (C=O) groups is 1. The van der Waals surface area contributed by atoms with Crippen molar-refractivity contribution in [1.29, 1.82) is 0 Å². The number of aliphatic hydroxyl groups excluding tert-OH is 1. The number of amides is 1. The summed E-state index contributed by atoms with van der Waals surface area (Å²) in [7, 11) is 0. The first-order valence-electron chi connectivity index (χ1n) is 4.41. The molecule has 3 N–H and O–H groups in total. The first-order valence-corrected chi connectivity index (χ1v) is 4.78. The number of ether oxygens (including phenoxy) is 1. The van der Waals surface area contributed by atoms with Crippen LogP contribution in [-0.2, 0) is 4.74 Å². The summed E-state index contributed by atoms with van der Waals surface area (Å²) in [4.78, 5) is 10.6. The summed E-state index contributed by atoms with van der Waals surface area (Å²) in [6.07, 6.45) is -2.66. The van der Waals surface area contributed by atoms with Crippen LogP contribution in [0.25, 0.3) is 0 Å². The van der Waals surface area contributed by atoms with Crippen molar-refractivity contribution in [3.05, 3.63) is 34.9 Å². The minimum atomic E-state index is -0.944. The summed E-state index contributed by atoms with van der Waals surface area (Å²) >= 11 is 5.90. The average Bonchev–Trinajstić information content (AvgIpc) is 2.15. The maximum Gasteiger partial charge on any atom is 0.405 e. The van der Waals surface area contributed by atoms with Crippen molar-refractivity contribution in [2.45, 2.75) is 19.1 Å². The molecule has 0 aromatic heterocycles. The van der Waals surface area contributed by atoms with E-state index >= 15 is 0 Å². The summed E-state index contributed by atoms with van der Waals surface area (Å²) in [6, 6.07) is 6.80. The highest BCUT2D eigenvalue weighted by molar-refractivity contribution is 6.31. The van der Waals surface area contributed by atoms with Gasteiger partial charge in [-0.05, 0) is 13.0 Å². The standard InChI is InChI=1S/C10H12ClNO3/c1-6(13)9(15-10(12)14)7-4-2-3-5-8(7)11/h2-6,9,13H,1H3,(H2,12,14). The normalized spacial score (nSPS) is 14.3. The van der Waals surface area contributed by atoms with E-state index in [2.05, 4.69) is 0 Å². The lowest BCUT2D eigenvalue weighted by Crippen LogP contribution is -2.25. The van der Waals surface area contributed by atoms with Crippen LogP contribution in [0.15, 0.2) is 24.3 Å². The van der Waals surface area contributed by atoms with Crippen LogP contribution in [0.3, 0.4) is 0 Å². The van der Waals surface area contributed by atoms with E-state index < -0.39 is 18.3 Å². The van der Waals surface area contributed by atoms with Gasteiger partial charge in [-0.3, -0.25) is 0 Å². The van der Waals surface area contributed by atoms with Crippen molar-refractivity contribution < 1.29 is 14.6 Å². The van der Waals surface area contributed by atoms with Crippen LogP contribution in [0, 0.1) is 0 Å². The highest BCUT2D eigenvalue weighted by atomic mass is 35.5. The zero-order valence-corrected chi connectivity index (χ0v) is 8.94. The van der Waals surface area contributed by atoms with E-state index in [-0.39, 0.29) is 0 Å². The van der Waals surface area contributed by atoms with Crippen LogP contribution in [0.5, 0.6) is 0 Å². The molecule has 0 aliphatic rings. The molecule has 0 aliphatic carbocycles. The molecule has 0 aliphatic heterocycles. The molecule has 5 heteroatoms. The molecule has 15 heavy (non-hydrogen) atoms. The maximum atomic E-state index is 10.6. The van der Waals surface area contributed by atoms with E-state index in [1.54, 1.807) is 24.3 Å². The fraction of sp³-hybridized carbons (Fsp3) is 0.300. The van der Waals surface area contributed by atoms with Gasteiger partial charge in [0, 0.05) is 10.6 Å². The van der Waals surface area contributed by atoms with Crippen LogP contribution in [0.2, 0.25) is 5.02 Å². The summed E-state index contributed by atoms with van der Waals surface area (Å²) in [5.41, 5.74) is 5.44. The van der Waals surface area contributed by atoms with Gasteiger partial charge in [-0.2, -0.15) is 0 Å². The highest BCUT2D eigenvalue weighted by Crippen LogP contribution is 2.27. The Kier molecular flexibility index (Phi) is 3.94. The summed E-state index contributed by atoms with van der Waals surface area (Å²) in [6.45, 7) is 1.50. The molecule has 1 aromatic carbocycles. The van der Waals surface area contributed by atoms with Gasteiger partial charge in [0.1, 0.15) is 0 Å². The van der Waals surface area contributed by atoms with Gasteiger partial charge in [-0.25, -0.2) is 4.79 Å². The predicted molar refractivity (Wildman–Crippen MR) is 56.5 cm³/mol. The number of halogens is 1. The molecule has 82 valence electrons. The first-order chi connectivity index (χ1) is 7.02. The third kappa shape index (κ3) is 3.11. The second kappa shape index (κ2) is 5.00. The zero-order chi connectivity index (χ0) is 11.4. The predicted octanol–water partition coefficient (Wildman–Crippen LogP) is 1.86. The molecule has 0 heterocycles. The second-order valence-corrected chi connectivity index (χ2v) is 3.53. The van der Waals surface area contributed by atoms with Crippen LogP contribution in [-0.4, -0.2) is 17.3 Å². The Morgan fingerprint density at radius 2 is 2.13 bits per heavy atom. The van der Waals surface area contributed by atoms with E-state index in [1.165, 1.54) is 6.92 Å². The number of benzene rings is 1. The quantitative estimate of drug-likeness (QED) is 0.831. The van der Waals surface area contributed by atoms with Gasteiger partial charge in [0.05, 0.1) is 6.10 Å². The summed E-state index contributed by atoms with van der Waals surface area (Å²) in [5.74, 6) is 0. The molecule has 4 nitrogen and oxygen atoms in total. The molecule has 0 saturated heterocycles. The minimum Gasteiger partial charge on any atom is -0.439 e. The molecule has 1 aromatic rings. The van der Waals surface area contributed by atoms with E-state index in [0.29, 0.717) is 10.6 Å². The number of nitrogens with two attached hydrogens (primary N) is 1. The first kappa shape index (κ1) is 11.8. The fourth-order valence-electron chi connectivity index (χ4n) is 1.25. The minimum absolute atomic E-state index is 0.421. The molecule has 1 amide bonds. The third-order valence-electron chi connectivity index (χ3n) is 1.89. The molecular weight excluding hydrogens is 218 g/mol. The smallest absolute Gasteiger partial charge is 0.405 e. The lowest BCUT2D eigenvalue weighted by molar-refractivity contribution is 0.0148. The maximum absolute atomic E-state index is 10.6. The molecule has 2 atom stereocenters. The Morgan fingerprint density at radius 3 is 2.60 bits per heavy atom. The Hall–Kier alpha value is -1.26. The zero-order valence-electron chi connectivity index (χ0n) is 8.18. The van der Waals surface area contributed by atoms with Crippen LogP contribution in [0.4, 0.5) is 4.79 Å². The van der Waals surface area contributed by atoms with Crippen molar-refractivity contribution in [2.75, 3.05) is 0 Å². The lowest BCUT2D eigenvalue weighted by Gasteiger charge is -2.20. The molecule has 0 radical (unpaired) electrons. The van der Waals surface area contributed by atoms with Gasteiger partial charge in [-0.15, -0.1) is 0 Å². The van der Waals surface area contributed by atoms with Crippen molar-refractivity contribution in [1.82, 2.24) is 0 Å². The topological polar surface area (TPSA) is 72.6 Å². The van der Waals surface area contributed by atoms with Gasteiger partial charge in [0.25, 0.3) is 0 Å². The van der Waals surface area contributed by atoms with Crippen molar-refractivity contribution in [3.63, 3.8) is 0 Å². The van der Waals surface area contributed by atoms with Crippen molar-refractivity contribution in [2.24, 2.45) is 5.73 Å². The fourth-order valence-corrected chi connectivity index (χ4v) is 1.50. The van der Waals surface area contributed by atoms with Crippen molar-refractivity contribution in [3.8, 4) is 0 Å². The lowest BCUT2D eigenvalue weighted by atomic mass is 10.1. The number of primary amides is 1. The molecular formula is C10H12ClNO3. The van der Waals surface area contributed by atoms with Crippen LogP contribution < -0.4 is 5.73 Å². The number of hydrogen-bond donors (Lipinski definition) is 2. The molecule has 0 spiro atoms. The Morgan fingerprint density at radius 1 is 1.53 bits per heavy atom. The van der Waals surface area contributed by atoms with Crippen LogP contribution >= 0.6 is 11.6 Å². The van der Waals surface area contributed by atoms with Crippen LogP contribution in [0.1, 0.15) is 18.6 Å². The molecule has 2 unspecified atom stereocenters. The Bertz CT molecular complexity index is 354. The van der Waals surface area contributed by atoms with Crippen molar-refractivity contribution >= 4 is 17.7 Å². The van der Waals surface area contributed by atoms with Gasteiger partial charge in [-0.1, -0.05) is 29.8 Å². The number of carbonyl (C=O) groups excluding carboxylic acids is 1. The van der Waals surface area contributed by atoms with Gasteiger partial charge in [0.2, 0.25) is 0 Å². The summed E-state index contributed by atoms with van der Waals surface area (Å²) in [5, 5.41) is 9.87. The monoisotopic (exact) mass is 229 g/mol. The van der Waals surface area contributed by atoms with E-state index in [9.17, 15) is 9.90 Å². The number of aliphatic hydroxyl groups is 1. The molecule has 0 fully saturated rings. The van der Waals surface area contributed by atoms with E-state index in [4.69, 9.17) is 22.1 Å². The van der Waals surface area contributed by atoms with E-state index in [0.717, 1.165) is 0 Å². The number of hydrogen-bond acceptors (Lipinski definition) is 3. The largest absolute Gasteiger partial charge is 0.439 e. The van der Waals surface area contributed by atoms with Gasteiger partial charge >= 0.3 is 6.09 Å². The number of rotatable bonds is 3. The molecule has 0 saturated carbocycles. The summed E-state index contributed by atoms with van der Waals surface area (Å²) < 4.78 is 4.78. The molecule has 1 rings (SSSR count).